The molecule has 21 N–H and O–H groups in total. The van der Waals surface area contributed by atoms with Crippen molar-refractivity contribution in [3.05, 3.63) is 11.8 Å². The molecular formula is C52H90ClN13O18. The van der Waals surface area contributed by atoms with Gasteiger partial charge >= 0.3 is 11.9 Å². The van der Waals surface area contributed by atoms with E-state index in [1.54, 1.807) is 0 Å². The van der Waals surface area contributed by atoms with Gasteiger partial charge in [-0.2, -0.15) is 0 Å². The molecule has 0 aliphatic carbocycles. The van der Waals surface area contributed by atoms with Crippen LogP contribution in [0.25, 0.3) is 0 Å². The van der Waals surface area contributed by atoms with Gasteiger partial charge < -0.3 is 101 Å². The van der Waals surface area contributed by atoms with Crippen LogP contribution in [-0.4, -0.2) is 208 Å². The molecule has 10 amide bonds. The molecule has 0 aromatic carbocycles. The number of aliphatic hydroxyl groups is 4. The number of aliphatic carboxylic acids is 1. The number of hydrogen-bond acceptors (Lipinski definition) is 20. The Morgan fingerprint density at radius 2 is 1.15 bits per heavy atom. The van der Waals surface area contributed by atoms with Crippen LogP contribution in [-0.2, 0) is 62.3 Å². The summed E-state index contributed by atoms with van der Waals surface area (Å²) in [6.45, 7) is 2.71. The summed E-state index contributed by atoms with van der Waals surface area (Å²) in [6.07, 6.45) is 0.199. The zero-order valence-corrected chi connectivity index (χ0v) is 49.0. The second-order valence-electron chi connectivity index (χ2n) is 20.1. The average Bonchev–Trinajstić information content (AvgIpc) is 3.58. The molecular weight excluding hydrogens is 1130 g/mol. The van der Waals surface area contributed by atoms with Crippen LogP contribution in [0.15, 0.2) is 11.8 Å². The maximum Gasteiger partial charge on any atom is 0.331 e. The fraction of sp³-hybridized carbons (Fsp3) is 0.731. The number of ether oxygens (including phenoxy) is 1. The molecule has 1 fully saturated rings. The molecule has 1 saturated heterocycles. The van der Waals surface area contributed by atoms with Gasteiger partial charge in [-0.25, -0.2) is 4.79 Å². The molecule has 0 radical (unpaired) electrons. The zero-order chi connectivity index (χ0) is 63.5. The summed E-state index contributed by atoms with van der Waals surface area (Å²) in [7, 11) is 1.07. The predicted octanol–water partition coefficient (Wildman–Crippen LogP) is -5.50. The number of nitrogens with one attached hydrogen (secondary N) is 10. The van der Waals surface area contributed by atoms with Crippen molar-refractivity contribution in [2.45, 2.75) is 203 Å². The Morgan fingerprint density at radius 3 is 1.68 bits per heavy atom. The van der Waals surface area contributed by atoms with Crippen molar-refractivity contribution in [1.82, 2.24) is 53.2 Å². The van der Waals surface area contributed by atoms with E-state index in [1.807, 2.05) is 0 Å². The lowest BCUT2D eigenvalue weighted by Gasteiger charge is -2.29. The van der Waals surface area contributed by atoms with Crippen LogP contribution in [0.4, 0.5) is 0 Å². The molecule has 1 aliphatic rings. The average molecular weight is 1220 g/mol. The normalized spacial score (nSPS) is 24.3. The number of carbonyl (C=O) groups is 12. The maximum atomic E-state index is 14.2. The molecule has 0 aromatic heterocycles. The molecule has 0 saturated carbocycles. The number of cyclic esters (lactones) is 1. The van der Waals surface area contributed by atoms with Crippen molar-refractivity contribution in [1.29, 1.82) is 0 Å². The summed E-state index contributed by atoms with van der Waals surface area (Å²) in [4.78, 5) is 164. The van der Waals surface area contributed by atoms with Crippen molar-refractivity contribution in [2.75, 3.05) is 39.2 Å². The van der Waals surface area contributed by atoms with Crippen molar-refractivity contribution < 1.29 is 87.8 Å². The number of carboxylic acids is 1. The number of rotatable bonds is 28. The first-order valence-electron chi connectivity index (χ1n) is 28.2. The van der Waals surface area contributed by atoms with Crippen LogP contribution < -0.4 is 70.4 Å². The fourth-order valence-electron chi connectivity index (χ4n) is 8.38. The summed E-state index contributed by atoms with van der Waals surface area (Å²) in [5, 5.41) is 75.5. The second-order valence-corrected chi connectivity index (χ2v) is 20.5. The van der Waals surface area contributed by atoms with Gasteiger partial charge in [-0.15, -0.1) is 11.6 Å². The van der Waals surface area contributed by atoms with E-state index in [0.29, 0.717) is 6.42 Å². The topological polar surface area (TPSA) is 514 Å². The van der Waals surface area contributed by atoms with E-state index in [1.165, 1.54) is 6.92 Å². The number of nitrogens with two attached hydrogens (primary N) is 3. The van der Waals surface area contributed by atoms with Crippen LogP contribution >= 0.6 is 11.6 Å². The lowest BCUT2D eigenvalue weighted by Crippen LogP contribution is -2.64. The Kier molecular flexibility index (Phi) is 37.2. The Hall–Kier alpha value is -6.61. The maximum absolute atomic E-state index is 14.2. The van der Waals surface area contributed by atoms with Gasteiger partial charge in [0.1, 0.15) is 54.6 Å². The first-order chi connectivity index (χ1) is 39.8. The van der Waals surface area contributed by atoms with Crippen LogP contribution in [0.1, 0.15) is 130 Å². The Bertz CT molecular complexity index is 2210. The predicted molar refractivity (Wildman–Crippen MR) is 302 cm³/mol. The number of allylic oxidation sites excluding steroid dienone is 1. The van der Waals surface area contributed by atoms with Crippen molar-refractivity contribution in [3.8, 4) is 0 Å². The zero-order valence-electron chi connectivity index (χ0n) is 48.2. The van der Waals surface area contributed by atoms with Crippen molar-refractivity contribution >= 4 is 82.6 Å². The Labute approximate surface area is 493 Å². The molecule has 1 aliphatic heterocycles. The standard InChI is InChI=1S/C52H90ClN13O18/c1-5-7-8-9-10-11-12-13-14-17-29(68)24-37(70)58-35-27-84-52(83)40(36(69)26-53)65-43(74)30(6-2)59-49(80)39(28(3)67)64-46(77)33(20-23-56)62-50(81)41(42(73)51(82)57-4)66-45(76)31(18-15-16-21-54)60-47(78)34(25-38(71)72)63-44(75)32(19-22-55)61-48(35)79/h6,28-29,31-36,39-42,67-69,73H,5,7-27,54-56H2,1-4H3,(H,57,82)(H,58,70)(H,59,80)(H,60,78)(H,61,79)(H,62,81)(H,63,75)(H,64,77)(H,65,74)(H,66,76)(H,71,72)/b30-6+/t28-,29+,31?,32?,33-,34-,35?,36+,39?,40?,41?,42-/m0/s1. The Balaban J connectivity index is 4.02. The van der Waals surface area contributed by atoms with E-state index in [-0.39, 0.29) is 45.3 Å². The number of carbonyl (C=O) groups excluding carboxylic acids is 11. The minimum absolute atomic E-state index is 0.0780. The largest absolute Gasteiger partial charge is 0.481 e. The van der Waals surface area contributed by atoms with Crippen LogP contribution in [0.3, 0.4) is 0 Å². The van der Waals surface area contributed by atoms with Crippen molar-refractivity contribution in [2.24, 2.45) is 17.2 Å². The summed E-state index contributed by atoms with van der Waals surface area (Å²) in [6, 6.07) is -15.6. The highest BCUT2D eigenvalue weighted by molar-refractivity contribution is 6.18. The third-order valence-corrected chi connectivity index (χ3v) is 13.5. The van der Waals surface area contributed by atoms with E-state index in [4.69, 9.17) is 33.5 Å². The fourth-order valence-corrected chi connectivity index (χ4v) is 8.56. The third kappa shape index (κ3) is 27.9. The molecule has 84 heavy (non-hydrogen) atoms. The number of alkyl halides is 1. The highest BCUT2D eigenvalue weighted by Gasteiger charge is 2.40. The first-order valence-corrected chi connectivity index (χ1v) is 28.8. The van der Waals surface area contributed by atoms with Crippen molar-refractivity contribution in [3.63, 3.8) is 0 Å². The number of carboxylic acid groups (broad SMARTS) is 1. The van der Waals surface area contributed by atoms with Gasteiger partial charge in [-0.05, 0) is 72.0 Å². The van der Waals surface area contributed by atoms with Gasteiger partial charge in [0, 0.05) is 7.05 Å². The lowest BCUT2D eigenvalue weighted by atomic mass is 10.0. The molecule has 1 rings (SSSR count). The molecule has 31 nitrogen and oxygen atoms in total. The van der Waals surface area contributed by atoms with E-state index in [9.17, 15) is 83.1 Å². The number of esters is 1. The molecule has 478 valence electrons. The molecule has 0 bridgehead atoms. The molecule has 0 aromatic rings. The summed E-state index contributed by atoms with van der Waals surface area (Å²) in [5.41, 5.74) is 16.6. The van der Waals surface area contributed by atoms with Gasteiger partial charge in [0.2, 0.25) is 47.3 Å². The molecule has 12 atom stereocenters. The van der Waals surface area contributed by atoms with E-state index < -0.39 is 188 Å². The lowest BCUT2D eigenvalue weighted by molar-refractivity contribution is -0.153. The van der Waals surface area contributed by atoms with Gasteiger partial charge in [0.05, 0.1) is 37.0 Å². The minimum Gasteiger partial charge on any atom is -0.481 e. The number of likely N-dealkylation sites (N-methyl/N-ethyl adjacent to an activating group) is 1. The van der Waals surface area contributed by atoms with E-state index >= 15 is 0 Å². The third-order valence-electron chi connectivity index (χ3n) is 13.2. The number of hydrogen-bond donors (Lipinski definition) is 18. The quantitative estimate of drug-likeness (QED) is 0.0150. The number of unbranched alkanes of at least 4 members (excludes halogenated alkanes) is 9. The highest BCUT2D eigenvalue weighted by atomic mass is 35.5. The number of amides is 10. The molecule has 32 heteroatoms. The SMILES string of the molecule is C/C=C1/NC(=O)C([C@H](C)O)NC(=O)[C@H](CCN)NC(=O)C([C@H](O)C(=O)NC)NC(=O)C(CCCCN)NC(=O)[C@H](CC(=O)O)NC(=O)C(CCN)NC(=O)C(NC(=O)C[C@H](O)CCCCCCCCCCC)COC(=O)C([C@H](O)CCl)NC1=O. The monoisotopic (exact) mass is 1220 g/mol. The van der Waals surface area contributed by atoms with Gasteiger partial charge in [0.15, 0.2) is 12.1 Å². The minimum atomic E-state index is -2.42. The number of halogens is 1. The molecule has 6 unspecified atom stereocenters. The van der Waals surface area contributed by atoms with Crippen LogP contribution in [0.2, 0.25) is 0 Å². The van der Waals surface area contributed by atoms with Gasteiger partial charge in [-0.3, -0.25) is 52.7 Å². The van der Waals surface area contributed by atoms with Crippen LogP contribution in [0, 0.1) is 0 Å². The van der Waals surface area contributed by atoms with E-state index in [0.717, 1.165) is 71.4 Å². The van der Waals surface area contributed by atoms with Crippen LogP contribution in [0.5, 0.6) is 0 Å². The summed E-state index contributed by atoms with van der Waals surface area (Å²) >= 11 is 5.91. The number of aliphatic hydroxyl groups excluding tert-OH is 4. The summed E-state index contributed by atoms with van der Waals surface area (Å²) in [5.74, 6) is -16.4. The second kappa shape index (κ2) is 41.4. The molecule has 0 spiro atoms. The smallest absolute Gasteiger partial charge is 0.331 e. The van der Waals surface area contributed by atoms with Gasteiger partial charge in [-0.1, -0.05) is 70.8 Å². The first kappa shape index (κ1) is 75.4. The molecule has 1 heterocycles. The van der Waals surface area contributed by atoms with E-state index in [2.05, 4.69) is 60.1 Å². The summed E-state index contributed by atoms with van der Waals surface area (Å²) < 4.78 is 5.35. The highest BCUT2D eigenvalue weighted by Crippen LogP contribution is 2.14. The van der Waals surface area contributed by atoms with Gasteiger partial charge in [0.25, 0.3) is 11.8 Å². The Morgan fingerprint density at radius 1 is 0.643 bits per heavy atom.